The molecule has 0 aliphatic rings. The summed E-state index contributed by atoms with van der Waals surface area (Å²) in [6, 6.07) is 15.3. The number of hydrogen-bond acceptors (Lipinski definition) is 3. The molecule has 0 radical (unpaired) electrons. The van der Waals surface area contributed by atoms with Gasteiger partial charge in [0.2, 0.25) is 0 Å². The van der Waals surface area contributed by atoms with Crippen LogP contribution in [0, 0.1) is 0 Å². The number of para-hydroxylation sites is 1. The van der Waals surface area contributed by atoms with Gasteiger partial charge in [-0.15, -0.1) is 0 Å². The Kier molecular flexibility index (Phi) is 2.80. The molecule has 0 saturated heterocycles. The van der Waals surface area contributed by atoms with Crippen molar-refractivity contribution in [2.45, 2.75) is 0 Å². The zero-order chi connectivity index (χ0) is 14.4. The lowest BCUT2D eigenvalue weighted by Crippen LogP contribution is -1.91. The average molecular weight is 313 g/mol. The van der Waals surface area contributed by atoms with Crippen LogP contribution in [0.5, 0.6) is 0 Å². The summed E-state index contributed by atoms with van der Waals surface area (Å²) in [5.41, 5.74) is 3.16. The second-order valence-corrected chi connectivity index (χ2v) is 6.10. The van der Waals surface area contributed by atoms with Crippen LogP contribution >= 0.6 is 22.9 Å². The monoisotopic (exact) mass is 312 g/mol. The maximum atomic E-state index is 11.6. The Bertz CT molecular complexity index is 969. The molecule has 0 fully saturated rings. The van der Waals surface area contributed by atoms with Gasteiger partial charge in [-0.3, -0.25) is 9.20 Å². The van der Waals surface area contributed by atoms with Crippen molar-refractivity contribution in [1.29, 1.82) is 0 Å². The van der Waals surface area contributed by atoms with E-state index in [1.165, 1.54) is 0 Å². The van der Waals surface area contributed by atoms with E-state index in [-0.39, 0.29) is 0 Å². The Morgan fingerprint density at radius 1 is 1.10 bits per heavy atom. The zero-order valence-corrected chi connectivity index (χ0v) is 12.4. The minimum absolute atomic E-state index is 0.574. The van der Waals surface area contributed by atoms with Crippen molar-refractivity contribution < 1.29 is 4.79 Å². The largest absolute Gasteiger partial charge is 0.296 e. The molecule has 0 amide bonds. The minimum atomic E-state index is 0.574. The van der Waals surface area contributed by atoms with Crippen LogP contribution in [0.3, 0.4) is 0 Å². The van der Waals surface area contributed by atoms with E-state index in [2.05, 4.69) is 4.98 Å². The summed E-state index contributed by atoms with van der Waals surface area (Å²) in [4.78, 5) is 17.1. The SMILES string of the molecule is O=Cc1c(-c2ccc(Cl)cc2)nc2sc3ccccc3n12. The Hall–Kier alpha value is -2.17. The van der Waals surface area contributed by atoms with Crippen LogP contribution in [0.1, 0.15) is 10.5 Å². The molecular weight excluding hydrogens is 304 g/mol. The normalized spacial score (nSPS) is 11.3. The van der Waals surface area contributed by atoms with Gasteiger partial charge in [-0.05, 0) is 24.3 Å². The summed E-state index contributed by atoms with van der Waals surface area (Å²) < 4.78 is 3.03. The van der Waals surface area contributed by atoms with Gasteiger partial charge in [0, 0.05) is 10.6 Å². The van der Waals surface area contributed by atoms with E-state index in [1.807, 2.05) is 40.8 Å². The molecule has 21 heavy (non-hydrogen) atoms. The lowest BCUT2D eigenvalue weighted by molar-refractivity contribution is 0.111. The number of hydrogen-bond donors (Lipinski definition) is 0. The van der Waals surface area contributed by atoms with Crippen LogP contribution in [0.15, 0.2) is 48.5 Å². The van der Waals surface area contributed by atoms with Gasteiger partial charge in [-0.1, -0.05) is 47.2 Å². The predicted octanol–water partition coefficient (Wildman–Crippen LogP) is 4.68. The van der Waals surface area contributed by atoms with E-state index in [9.17, 15) is 4.79 Å². The Morgan fingerprint density at radius 3 is 2.62 bits per heavy atom. The van der Waals surface area contributed by atoms with Crippen LogP contribution in [0.2, 0.25) is 5.02 Å². The molecule has 2 aromatic heterocycles. The number of benzene rings is 2. The number of aldehydes is 1. The number of rotatable bonds is 2. The summed E-state index contributed by atoms with van der Waals surface area (Å²) in [5.74, 6) is 0. The molecule has 0 bridgehead atoms. The molecule has 0 aliphatic heterocycles. The molecule has 2 aromatic carbocycles. The first kappa shape index (κ1) is 12.6. The number of fused-ring (bicyclic) bond motifs is 3. The molecule has 4 rings (SSSR count). The number of aromatic nitrogens is 2. The van der Waals surface area contributed by atoms with Gasteiger partial charge in [0.15, 0.2) is 11.2 Å². The quantitative estimate of drug-likeness (QED) is 0.504. The van der Waals surface area contributed by atoms with Gasteiger partial charge in [-0.2, -0.15) is 0 Å². The molecule has 0 unspecified atom stereocenters. The Labute approximate surface area is 129 Å². The van der Waals surface area contributed by atoms with Crippen molar-refractivity contribution in [2.75, 3.05) is 0 Å². The molecule has 2 heterocycles. The van der Waals surface area contributed by atoms with Crippen molar-refractivity contribution in [3.63, 3.8) is 0 Å². The number of carbonyl (C=O) groups is 1. The van der Waals surface area contributed by atoms with Crippen molar-refractivity contribution in [1.82, 2.24) is 9.38 Å². The molecule has 0 N–H and O–H groups in total. The molecule has 102 valence electrons. The second-order valence-electron chi connectivity index (χ2n) is 4.66. The lowest BCUT2D eigenvalue weighted by atomic mass is 10.1. The second kappa shape index (κ2) is 4.69. The number of nitrogens with zero attached hydrogens (tertiary/aromatic N) is 2. The molecule has 4 aromatic rings. The summed E-state index contributed by atoms with van der Waals surface area (Å²) in [5, 5.41) is 0.665. The average Bonchev–Trinajstić information content (AvgIpc) is 3.03. The number of thiazole rings is 1. The van der Waals surface area contributed by atoms with E-state index in [4.69, 9.17) is 11.6 Å². The Morgan fingerprint density at radius 2 is 1.86 bits per heavy atom. The lowest BCUT2D eigenvalue weighted by Gasteiger charge is -1.99. The highest BCUT2D eigenvalue weighted by molar-refractivity contribution is 7.23. The smallest absolute Gasteiger partial charge is 0.195 e. The Balaban J connectivity index is 2.06. The highest BCUT2D eigenvalue weighted by Gasteiger charge is 2.17. The van der Waals surface area contributed by atoms with Crippen LogP contribution < -0.4 is 0 Å². The first-order valence-electron chi connectivity index (χ1n) is 6.39. The van der Waals surface area contributed by atoms with Gasteiger partial charge in [0.25, 0.3) is 0 Å². The number of imidazole rings is 1. The van der Waals surface area contributed by atoms with E-state index >= 15 is 0 Å². The predicted molar refractivity (Wildman–Crippen MR) is 86.4 cm³/mol. The van der Waals surface area contributed by atoms with Gasteiger partial charge >= 0.3 is 0 Å². The molecule has 0 saturated carbocycles. The molecule has 0 atom stereocenters. The van der Waals surface area contributed by atoms with Crippen molar-refractivity contribution in [3.05, 3.63) is 59.2 Å². The summed E-state index contributed by atoms with van der Waals surface area (Å²) in [6.45, 7) is 0. The number of halogens is 1. The first-order valence-corrected chi connectivity index (χ1v) is 7.58. The topological polar surface area (TPSA) is 34.4 Å². The van der Waals surface area contributed by atoms with Gasteiger partial charge in [0.1, 0.15) is 11.4 Å². The van der Waals surface area contributed by atoms with E-state index in [0.29, 0.717) is 16.4 Å². The molecule has 0 spiro atoms. The van der Waals surface area contributed by atoms with Crippen molar-refractivity contribution >= 4 is 44.4 Å². The maximum Gasteiger partial charge on any atom is 0.195 e. The molecule has 3 nitrogen and oxygen atoms in total. The standard InChI is InChI=1S/C16H9ClN2OS/c17-11-7-5-10(6-8-11)15-13(9-20)19-12-3-1-2-4-14(12)21-16(19)18-15/h1-9H. The first-order chi connectivity index (χ1) is 10.3. The van der Waals surface area contributed by atoms with Gasteiger partial charge in [-0.25, -0.2) is 4.98 Å². The van der Waals surface area contributed by atoms with Gasteiger partial charge in [0.05, 0.1) is 10.2 Å². The maximum absolute atomic E-state index is 11.6. The van der Waals surface area contributed by atoms with Crippen molar-refractivity contribution in [2.24, 2.45) is 0 Å². The van der Waals surface area contributed by atoms with E-state index in [1.54, 1.807) is 23.5 Å². The van der Waals surface area contributed by atoms with E-state index in [0.717, 1.165) is 27.0 Å². The summed E-state index contributed by atoms with van der Waals surface area (Å²) in [6.07, 6.45) is 0.864. The molecule has 5 heteroatoms. The van der Waals surface area contributed by atoms with Gasteiger partial charge < -0.3 is 0 Å². The fraction of sp³-hybridized carbons (Fsp3) is 0. The van der Waals surface area contributed by atoms with Crippen LogP contribution in [0.25, 0.3) is 26.4 Å². The fourth-order valence-corrected chi connectivity index (χ4v) is 3.63. The third-order valence-electron chi connectivity index (χ3n) is 3.42. The van der Waals surface area contributed by atoms with Crippen molar-refractivity contribution in [3.8, 4) is 11.3 Å². The summed E-state index contributed by atoms with van der Waals surface area (Å²) in [7, 11) is 0. The zero-order valence-electron chi connectivity index (χ0n) is 10.8. The summed E-state index contributed by atoms with van der Waals surface area (Å²) >= 11 is 7.49. The minimum Gasteiger partial charge on any atom is -0.296 e. The van der Waals surface area contributed by atoms with Crippen LogP contribution in [-0.2, 0) is 0 Å². The van der Waals surface area contributed by atoms with Crippen LogP contribution in [0.4, 0.5) is 0 Å². The third kappa shape index (κ3) is 1.87. The van der Waals surface area contributed by atoms with Crippen LogP contribution in [-0.4, -0.2) is 15.7 Å². The highest BCUT2D eigenvalue weighted by atomic mass is 35.5. The number of carbonyl (C=O) groups excluding carboxylic acids is 1. The molecule has 0 aliphatic carbocycles. The third-order valence-corrected chi connectivity index (χ3v) is 4.69. The highest BCUT2D eigenvalue weighted by Crippen LogP contribution is 2.32. The molecular formula is C16H9ClN2OS. The fourth-order valence-electron chi connectivity index (χ4n) is 2.47. The van der Waals surface area contributed by atoms with E-state index < -0.39 is 0 Å².